The number of aromatic nitrogens is 2. The summed E-state index contributed by atoms with van der Waals surface area (Å²) in [5.74, 6) is 0.597. The molecule has 0 aromatic carbocycles. The number of rotatable bonds is 4. The van der Waals surface area contributed by atoms with Crippen LogP contribution in [0.1, 0.15) is 32.6 Å². The molecule has 3 rings (SSSR count). The predicted octanol–water partition coefficient (Wildman–Crippen LogP) is 3.78. The Labute approximate surface area is 123 Å². The third-order valence-electron chi connectivity index (χ3n) is 4.17. The molecule has 0 aliphatic heterocycles. The van der Waals surface area contributed by atoms with Crippen molar-refractivity contribution in [2.24, 2.45) is 5.41 Å². The first-order valence-corrected chi connectivity index (χ1v) is 7.85. The van der Waals surface area contributed by atoms with Gasteiger partial charge in [0.2, 0.25) is 0 Å². The zero-order valence-electron chi connectivity index (χ0n) is 11.7. The maximum Gasteiger partial charge on any atom is 0.147 e. The van der Waals surface area contributed by atoms with E-state index in [9.17, 15) is 0 Å². The van der Waals surface area contributed by atoms with Gasteiger partial charge in [-0.1, -0.05) is 19.8 Å². The van der Waals surface area contributed by atoms with E-state index in [1.165, 1.54) is 37.2 Å². The van der Waals surface area contributed by atoms with Gasteiger partial charge in [-0.15, -0.1) is 0 Å². The Hall–Kier alpha value is -1.62. The van der Waals surface area contributed by atoms with Crippen LogP contribution in [0.2, 0.25) is 0 Å². The summed E-state index contributed by atoms with van der Waals surface area (Å²) >= 11 is 1.45. The average Bonchev–Trinajstić information content (AvgIpc) is 3.05. The summed E-state index contributed by atoms with van der Waals surface area (Å²) in [4.78, 5) is 4.06. The van der Waals surface area contributed by atoms with Crippen molar-refractivity contribution in [3.63, 3.8) is 0 Å². The van der Waals surface area contributed by atoms with E-state index in [1.807, 2.05) is 12.1 Å². The Morgan fingerprint density at radius 1 is 1.30 bits per heavy atom. The van der Waals surface area contributed by atoms with Crippen LogP contribution in [-0.2, 0) is 0 Å². The molecular formula is C15H20N4S. The molecule has 0 unspecified atom stereocenters. The topological polar surface area (TPSA) is 63.8 Å². The van der Waals surface area contributed by atoms with Crippen molar-refractivity contribution in [2.75, 3.05) is 17.6 Å². The monoisotopic (exact) mass is 288 g/mol. The van der Waals surface area contributed by atoms with Crippen LogP contribution in [0.3, 0.4) is 0 Å². The smallest absolute Gasteiger partial charge is 0.147 e. The third-order valence-corrected chi connectivity index (χ3v) is 4.99. The van der Waals surface area contributed by atoms with E-state index in [0.717, 1.165) is 22.7 Å². The molecule has 5 heteroatoms. The largest absolute Gasteiger partial charge is 0.382 e. The van der Waals surface area contributed by atoms with Crippen molar-refractivity contribution >= 4 is 22.4 Å². The van der Waals surface area contributed by atoms with Gasteiger partial charge in [-0.3, -0.25) is 4.98 Å². The molecule has 4 nitrogen and oxygen atoms in total. The minimum Gasteiger partial charge on any atom is -0.382 e. The lowest BCUT2D eigenvalue weighted by atomic mass is 9.89. The lowest BCUT2D eigenvalue weighted by Crippen LogP contribution is -2.22. The molecule has 2 aromatic heterocycles. The molecule has 0 saturated heterocycles. The Bertz CT molecular complexity index is 573. The minimum atomic E-state index is 0.411. The van der Waals surface area contributed by atoms with Crippen molar-refractivity contribution in [2.45, 2.75) is 32.6 Å². The summed E-state index contributed by atoms with van der Waals surface area (Å²) in [5.41, 5.74) is 8.53. The summed E-state index contributed by atoms with van der Waals surface area (Å²) < 4.78 is 4.30. The second-order valence-corrected chi connectivity index (χ2v) is 6.65. The van der Waals surface area contributed by atoms with E-state index in [-0.39, 0.29) is 0 Å². The second-order valence-electron chi connectivity index (χ2n) is 5.88. The summed E-state index contributed by atoms with van der Waals surface area (Å²) in [6, 6.07) is 3.95. The summed E-state index contributed by atoms with van der Waals surface area (Å²) in [6.45, 7) is 3.36. The molecule has 3 N–H and O–H groups in total. The highest BCUT2D eigenvalue weighted by molar-refractivity contribution is 7.11. The van der Waals surface area contributed by atoms with E-state index in [4.69, 9.17) is 5.73 Å². The van der Waals surface area contributed by atoms with Crippen molar-refractivity contribution < 1.29 is 0 Å². The molecule has 0 atom stereocenters. The Morgan fingerprint density at radius 2 is 2.00 bits per heavy atom. The van der Waals surface area contributed by atoms with Crippen LogP contribution in [-0.4, -0.2) is 15.9 Å². The van der Waals surface area contributed by atoms with Gasteiger partial charge in [0.05, 0.1) is 5.56 Å². The quantitative estimate of drug-likeness (QED) is 0.898. The lowest BCUT2D eigenvalue weighted by Gasteiger charge is -2.24. The number of nitrogens with zero attached hydrogens (tertiary/aromatic N) is 2. The Morgan fingerprint density at radius 3 is 2.70 bits per heavy atom. The van der Waals surface area contributed by atoms with E-state index in [0.29, 0.717) is 11.2 Å². The fourth-order valence-corrected chi connectivity index (χ4v) is 3.65. The molecule has 20 heavy (non-hydrogen) atoms. The normalized spacial score (nSPS) is 17.2. The van der Waals surface area contributed by atoms with Crippen LogP contribution in [0.15, 0.2) is 24.5 Å². The Kier molecular flexibility index (Phi) is 3.61. The van der Waals surface area contributed by atoms with Crippen LogP contribution in [0.5, 0.6) is 0 Å². The standard InChI is InChI=1S/C15H20N4S/c1-15(6-2-3-7-15)10-18-14-12(13(16)19-20-14)11-4-8-17-9-5-11/h4-5,8-9,18H,2-3,6-7,10H2,1H3,(H2,16,19). The van der Waals surface area contributed by atoms with Gasteiger partial charge in [0.25, 0.3) is 0 Å². The number of hydrogen-bond acceptors (Lipinski definition) is 5. The van der Waals surface area contributed by atoms with E-state index in [1.54, 1.807) is 12.4 Å². The molecule has 0 radical (unpaired) electrons. The molecule has 2 heterocycles. The molecule has 1 fully saturated rings. The van der Waals surface area contributed by atoms with Crippen LogP contribution < -0.4 is 11.1 Å². The summed E-state index contributed by atoms with van der Waals surface area (Å²) in [5, 5.41) is 4.64. The molecule has 106 valence electrons. The molecule has 1 aliphatic carbocycles. The zero-order chi connectivity index (χ0) is 14.0. The van der Waals surface area contributed by atoms with Gasteiger partial charge in [0, 0.05) is 18.9 Å². The van der Waals surface area contributed by atoms with Crippen LogP contribution in [0.25, 0.3) is 11.1 Å². The van der Waals surface area contributed by atoms with Gasteiger partial charge < -0.3 is 11.1 Å². The number of hydrogen-bond donors (Lipinski definition) is 2. The van der Waals surface area contributed by atoms with E-state index < -0.39 is 0 Å². The summed E-state index contributed by atoms with van der Waals surface area (Å²) in [6.07, 6.45) is 8.88. The highest BCUT2D eigenvalue weighted by Gasteiger charge is 2.29. The van der Waals surface area contributed by atoms with Crippen molar-refractivity contribution in [3.05, 3.63) is 24.5 Å². The minimum absolute atomic E-state index is 0.411. The molecule has 0 bridgehead atoms. The number of anilines is 2. The first-order chi connectivity index (χ1) is 9.68. The molecule has 1 aliphatic rings. The Balaban J connectivity index is 1.81. The molecule has 0 amide bonds. The third kappa shape index (κ3) is 2.63. The fraction of sp³-hybridized carbons (Fsp3) is 0.467. The number of nitrogen functional groups attached to an aromatic ring is 1. The van der Waals surface area contributed by atoms with Gasteiger partial charge in [-0.05, 0) is 47.5 Å². The number of pyridine rings is 1. The lowest BCUT2D eigenvalue weighted by molar-refractivity contribution is 0.362. The highest BCUT2D eigenvalue weighted by atomic mass is 32.1. The SMILES string of the molecule is CC1(CNc2snc(N)c2-c2ccncc2)CCCC1. The number of nitrogens with one attached hydrogen (secondary N) is 1. The molecule has 2 aromatic rings. The van der Waals surface area contributed by atoms with Gasteiger partial charge in [-0.2, -0.15) is 4.37 Å². The van der Waals surface area contributed by atoms with Crippen LogP contribution >= 0.6 is 11.5 Å². The fourth-order valence-electron chi connectivity index (χ4n) is 2.92. The maximum atomic E-state index is 6.03. The van der Waals surface area contributed by atoms with Crippen LogP contribution in [0.4, 0.5) is 10.8 Å². The highest BCUT2D eigenvalue weighted by Crippen LogP contribution is 2.40. The van der Waals surface area contributed by atoms with Crippen molar-refractivity contribution in [1.29, 1.82) is 0 Å². The first kappa shape index (κ1) is 13.4. The van der Waals surface area contributed by atoms with E-state index in [2.05, 4.69) is 21.6 Å². The van der Waals surface area contributed by atoms with Crippen molar-refractivity contribution in [3.8, 4) is 11.1 Å². The van der Waals surface area contributed by atoms with Gasteiger partial charge in [0.1, 0.15) is 10.8 Å². The van der Waals surface area contributed by atoms with Gasteiger partial charge in [-0.25, -0.2) is 0 Å². The molecule has 1 saturated carbocycles. The first-order valence-electron chi connectivity index (χ1n) is 7.07. The zero-order valence-corrected chi connectivity index (χ0v) is 12.5. The number of nitrogens with two attached hydrogens (primary N) is 1. The van der Waals surface area contributed by atoms with Gasteiger partial charge >= 0.3 is 0 Å². The maximum absolute atomic E-state index is 6.03. The summed E-state index contributed by atoms with van der Waals surface area (Å²) in [7, 11) is 0. The predicted molar refractivity (Wildman–Crippen MR) is 84.8 cm³/mol. The molecular weight excluding hydrogens is 268 g/mol. The van der Waals surface area contributed by atoms with Crippen molar-refractivity contribution in [1.82, 2.24) is 9.36 Å². The average molecular weight is 288 g/mol. The molecule has 0 spiro atoms. The second kappa shape index (κ2) is 5.40. The van der Waals surface area contributed by atoms with Crippen LogP contribution in [0, 0.1) is 5.41 Å². The van der Waals surface area contributed by atoms with E-state index >= 15 is 0 Å². The van der Waals surface area contributed by atoms with Gasteiger partial charge in [0.15, 0.2) is 0 Å².